The van der Waals surface area contributed by atoms with Gasteiger partial charge in [0.2, 0.25) is 5.91 Å². The van der Waals surface area contributed by atoms with Crippen molar-refractivity contribution in [1.82, 2.24) is 5.32 Å². The van der Waals surface area contributed by atoms with E-state index in [0.29, 0.717) is 24.0 Å². The molecule has 0 saturated heterocycles. The molecule has 1 N–H and O–H groups in total. The zero-order valence-electron chi connectivity index (χ0n) is 19.4. The van der Waals surface area contributed by atoms with Crippen molar-refractivity contribution in [2.24, 2.45) is 4.99 Å². The number of aliphatic imine (C=N–C) groups is 1. The molecule has 1 aliphatic rings. The third kappa shape index (κ3) is 6.69. The third-order valence-corrected chi connectivity index (χ3v) is 5.83. The molecule has 0 unspecified atom stereocenters. The van der Waals surface area contributed by atoms with Crippen molar-refractivity contribution in [3.8, 4) is 5.75 Å². The largest absolute Gasteiger partial charge is 0.497 e. The molecule has 0 aromatic heterocycles. The minimum Gasteiger partial charge on any atom is -0.497 e. The van der Waals surface area contributed by atoms with Gasteiger partial charge in [-0.1, -0.05) is 30.0 Å². The van der Waals surface area contributed by atoms with Gasteiger partial charge in [0.05, 0.1) is 18.6 Å². The topological polar surface area (TPSA) is 80.2 Å². The molecule has 0 radical (unpaired) electrons. The maximum atomic E-state index is 13.3. The van der Waals surface area contributed by atoms with E-state index in [4.69, 9.17) is 9.47 Å². The molecule has 33 heavy (non-hydrogen) atoms. The van der Waals surface area contributed by atoms with Gasteiger partial charge in [-0.25, -0.2) is 4.99 Å². The number of carbonyl (C=O) groups excluding carboxylic acids is 2. The number of nitrogens with zero attached hydrogens (tertiary/aromatic N) is 2. The van der Waals surface area contributed by atoms with Crippen LogP contribution in [0.3, 0.4) is 0 Å². The number of rotatable bonds is 9. The Kier molecular flexibility index (Phi) is 8.68. The number of nitrogens with one attached hydrogen (secondary N) is 1. The summed E-state index contributed by atoms with van der Waals surface area (Å²) >= 11 is 1.25. The van der Waals surface area contributed by atoms with E-state index in [9.17, 15) is 9.59 Å². The Balaban J connectivity index is 1.83. The highest BCUT2D eigenvalue weighted by Crippen LogP contribution is 2.31. The van der Waals surface area contributed by atoms with Crippen molar-refractivity contribution in [2.75, 3.05) is 38.0 Å². The van der Waals surface area contributed by atoms with Crippen LogP contribution < -0.4 is 15.0 Å². The molecule has 3 rings (SSSR count). The van der Waals surface area contributed by atoms with Crippen molar-refractivity contribution >= 4 is 40.5 Å². The van der Waals surface area contributed by atoms with Crippen LogP contribution in [0.1, 0.15) is 23.1 Å². The lowest BCUT2D eigenvalue weighted by atomic mass is 10.1. The number of amidine groups is 1. The van der Waals surface area contributed by atoms with Gasteiger partial charge in [0, 0.05) is 20.3 Å². The summed E-state index contributed by atoms with van der Waals surface area (Å²) in [7, 11) is 3.24. The number of ether oxygens (including phenoxy) is 2. The Morgan fingerprint density at radius 2 is 1.82 bits per heavy atom. The number of anilines is 1. The highest BCUT2D eigenvalue weighted by Gasteiger charge is 2.32. The first-order valence-corrected chi connectivity index (χ1v) is 11.7. The number of aryl methyl sites for hydroxylation is 2. The van der Waals surface area contributed by atoms with E-state index in [0.717, 1.165) is 34.5 Å². The maximum absolute atomic E-state index is 13.3. The van der Waals surface area contributed by atoms with Crippen LogP contribution in [0.25, 0.3) is 6.08 Å². The fraction of sp³-hybridized carbons (Fsp3) is 0.320. The van der Waals surface area contributed by atoms with Crippen LogP contribution in [0, 0.1) is 13.8 Å². The second-order valence-electron chi connectivity index (χ2n) is 7.67. The summed E-state index contributed by atoms with van der Waals surface area (Å²) in [6.07, 6.45) is 2.49. The minimum absolute atomic E-state index is 0.112. The Hall–Kier alpha value is -3.10. The van der Waals surface area contributed by atoms with E-state index >= 15 is 0 Å². The molecule has 0 bridgehead atoms. The lowest BCUT2D eigenvalue weighted by molar-refractivity contribution is -0.118. The fourth-order valence-corrected chi connectivity index (χ4v) is 4.23. The summed E-state index contributed by atoms with van der Waals surface area (Å²) in [5, 5.41) is 3.35. The number of amides is 2. The lowest BCUT2D eigenvalue weighted by Gasteiger charge is -2.19. The number of thioether (sulfide) groups is 1. The van der Waals surface area contributed by atoms with Crippen LogP contribution in [0.4, 0.5) is 5.69 Å². The van der Waals surface area contributed by atoms with Gasteiger partial charge < -0.3 is 14.8 Å². The van der Waals surface area contributed by atoms with Crippen molar-refractivity contribution in [2.45, 2.75) is 20.3 Å². The number of hydrogen-bond donors (Lipinski definition) is 1. The Morgan fingerprint density at radius 1 is 1.12 bits per heavy atom. The summed E-state index contributed by atoms with van der Waals surface area (Å²) < 4.78 is 10.2. The molecule has 1 heterocycles. The number of benzene rings is 2. The van der Waals surface area contributed by atoms with Crippen molar-refractivity contribution in [3.63, 3.8) is 0 Å². The van der Waals surface area contributed by atoms with Crippen LogP contribution in [0.2, 0.25) is 0 Å². The lowest BCUT2D eigenvalue weighted by Crippen LogP contribution is -2.32. The third-order valence-electron chi connectivity index (χ3n) is 4.89. The highest BCUT2D eigenvalue weighted by molar-refractivity contribution is 8.14. The van der Waals surface area contributed by atoms with Gasteiger partial charge in [-0.05, 0) is 67.3 Å². The predicted octanol–water partition coefficient (Wildman–Crippen LogP) is 3.94. The molecule has 2 aromatic rings. The SMILES string of the molecule is COCCCNC(=O)CSC1=N/C(=C\c2ccc(OC)cc2)C(=O)N1c1cc(C)cc(C)c1. The molecule has 0 spiro atoms. The van der Waals surface area contributed by atoms with Crippen molar-refractivity contribution < 1.29 is 19.1 Å². The van der Waals surface area contributed by atoms with Crippen LogP contribution in [0.5, 0.6) is 5.75 Å². The Morgan fingerprint density at radius 3 is 2.45 bits per heavy atom. The zero-order chi connectivity index (χ0) is 23.8. The number of hydrogen-bond acceptors (Lipinski definition) is 6. The zero-order valence-corrected chi connectivity index (χ0v) is 20.2. The second kappa shape index (κ2) is 11.7. The standard InChI is InChI=1S/C25H29N3O4S/c1-17-12-18(2)14-20(13-17)28-24(30)22(15-19-6-8-21(32-4)9-7-19)27-25(28)33-16-23(29)26-10-5-11-31-3/h6-9,12-15H,5,10-11,16H2,1-4H3,(H,26,29)/b22-15-. The fourth-order valence-electron chi connectivity index (χ4n) is 3.38. The van der Waals surface area contributed by atoms with E-state index in [2.05, 4.69) is 16.4 Å². The van der Waals surface area contributed by atoms with E-state index < -0.39 is 0 Å². The number of methoxy groups -OCH3 is 2. The molecular weight excluding hydrogens is 438 g/mol. The summed E-state index contributed by atoms with van der Waals surface area (Å²) in [5.74, 6) is 0.567. The monoisotopic (exact) mass is 467 g/mol. The van der Waals surface area contributed by atoms with Gasteiger partial charge >= 0.3 is 0 Å². The molecule has 0 aliphatic carbocycles. The molecule has 0 fully saturated rings. The van der Waals surface area contributed by atoms with E-state index in [-0.39, 0.29) is 17.6 Å². The molecule has 0 saturated carbocycles. The van der Waals surface area contributed by atoms with Crippen LogP contribution in [-0.4, -0.2) is 50.1 Å². The Labute approximate surface area is 198 Å². The molecule has 1 aliphatic heterocycles. The van der Waals surface area contributed by atoms with Crippen molar-refractivity contribution in [1.29, 1.82) is 0 Å². The van der Waals surface area contributed by atoms with Gasteiger partial charge in [0.15, 0.2) is 5.17 Å². The molecule has 2 aromatic carbocycles. The van der Waals surface area contributed by atoms with E-state index in [1.54, 1.807) is 25.2 Å². The summed E-state index contributed by atoms with van der Waals surface area (Å²) in [4.78, 5) is 31.8. The van der Waals surface area contributed by atoms with Gasteiger partial charge in [-0.15, -0.1) is 0 Å². The van der Waals surface area contributed by atoms with Gasteiger partial charge in [-0.2, -0.15) is 0 Å². The van der Waals surface area contributed by atoms with Gasteiger partial charge in [0.25, 0.3) is 5.91 Å². The normalized spacial score (nSPS) is 14.5. The Bertz CT molecular complexity index is 1040. The van der Waals surface area contributed by atoms with Crippen molar-refractivity contribution in [3.05, 3.63) is 64.9 Å². The summed E-state index contributed by atoms with van der Waals surface area (Å²) in [5.41, 5.74) is 3.99. The average Bonchev–Trinajstić information content (AvgIpc) is 3.10. The van der Waals surface area contributed by atoms with Crippen LogP contribution in [-0.2, 0) is 14.3 Å². The molecule has 8 heteroatoms. The average molecular weight is 468 g/mol. The van der Waals surface area contributed by atoms with Crippen LogP contribution in [0.15, 0.2) is 53.2 Å². The molecule has 0 atom stereocenters. The quantitative estimate of drug-likeness (QED) is 0.446. The molecule has 174 valence electrons. The predicted molar refractivity (Wildman–Crippen MR) is 134 cm³/mol. The first-order chi connectivity index (χ1) is 15.9. The summed E-state index contributed by atoms with van der Waals surface area (Å²) in [6.45, 7) is 5.11. The first kappa shape index (κ1) is 24.5. The van der Waals surface area contributed by atoms with Crippen LogP contribution >= 0.6 is 11.8 Å². The first-order valence-electron chi connectivity index (χ1n) is 10.7. The molecule has 2 amide bonds. The van der Waals surface area contributed by atoms with E-state index in [1.165, 1.54) is 11.8 Å². The maximum Gasteiger partial charge on any atom is 0.283 e. The summed E-state index contributed by atoms with van der Waals surface area (Å²) in [6, 6.07) is 13.4. The smallest absolute Gasteiger partial charge is 0.283 e. The van der Waals surface area contributed by atoms with Gasteiger partial charge in [0.1, 0.15) is 11.4 Å². The highest BCUT2D eigenvalue weighted by atomic mass is 32.2. The second-order valence-corrected chi connectivity index (χ2v) is 8.61. The minimum atomic E-state index is -0.223. The molecular formula is C25H29N3O4S. The number of carbonyl (C=O) groups is 2. The molecule has 7 nitrogen and oxygen atoms in total. The van der Waals surface area contributed by atoms with E-state index in [1.807, 2.05) is 50.2 Å². The van der Waals surface area contributed by atoms with Gasteiger partial charge in [-0.3, -0.25) is 14.5 Å².